The summed E-state index contributed by atoms with van der Waals surface area (Å²) in [5.74, 6) is 0.264. The fourth-order valence-corrected chi connectivity index (χ4v) is 4.17. The van der Waals surface area contributed by atoms with Gasteiger partial charge in [0, 0.05) is 5.92 Å². The minimum atomic E-state index is -3.03. The molecule has 1 fully saturated rings. The number of methoxy groups -OCH3 is 1. The van der Waals surface area contributed by atoms with Crippen LogP contribution in [-0.2, 0) is 9.84 Å². The van der Waals surface area contributed by atoms with Crippen molar-refractivity contribution in [3.05, 3.63) is 29.3 Å². The number of nitrogens with zero attached hydrogens (tertiary/aromatic N) is 1. The molecule has 19 heavy (non-hydrogen) atoms. The Morgan fingerprint density at radius 2 is 2.26 bits per heavy atom. The molecular weight excluding hydrogens is 266 g/mol. The summed E-state index contributed by atoms with van der Waals surface area (Å²) in [4.78, 5) is 0. The molecule has 2 rings (SSSR count). The molecule has 1 aliphatic rings. The average Bonchev–Trinajstić information content (AvgIpc) is 2.77. The van der Waals surface area contributed by atoms with Gasteiger partial charge in [-0.15, -0.1) is 0 Å². The summed E-state index contributed by atoms with van der Waals surface area (Å²) >= 11 is 0. The van der Waals surface area contributed by atoms with E-state index in [-0.39, 0.29) is 17.4 Å². The van der Waals surface area contributed by atoms with Crippen LogP contribution in [0.3, 0.4) is 0 Å². The highest BCUT2D eigenvalue weighted by atomic mass is 32.2. The number of benzene rings is 1. The number of aliphatic hydroxyl groups excluding tert-OH is 1. The number of nitriles is 1. The first-order valence-corrected chi connectivity index (χ1v) is 7.75. The summed E-state index contributed by atoms with van der Waals surface area (Å²) < 4.78 is 27.9. The van der Waals surface area contributed by atoms with Crippen molar-refractivity contribution in [2.24, 2.45) is 5.92 Å². The van der Waals surface area contributed by atoms with Crippen LogP contribution in [0.15, 0.2) is 18.2 Å². The Bertz CT molecular complexity index is 618. The van der Waals surface area contributed by atoms with Crippen molar-refractivity contribution in [2.45, 2.75) is 12.5 Å². The molecule has 6 heteroatoms. The summed E-state index contributed by atoms with van der Waals surface area (Å²) in [5, 5.41) is 19.2. The summed E-state index contributed by atoms with van der Waals surface area (Å²) in [7, 11) is -1.56. The van der Waals surface area contributed by atoms with E-state index in [1.807, 2.05) is 6.07 Å². The van der Waals surface area contributed by atoms with Crippen molar-refractivity contribution < 1.29 is 18.3 Å². The highest BCUT2D eigenvalue weighted by Gasteiger charge is 2.33. The van der Waals surface area contributed by atoms with Crippen LogP contribution in [0.25, 0.3) is 0 Å². The molecule has 1 heterocycles. The maximum atomic E-state index is 11.4. The van der Waals surface area contributed by atoms with Crippen LogP contribution in [-0.4, -0.2) is 32.1 Å². The Morgan fingerprint density at radius 1 is 1.53 bits per heavy atom. The average molecular weight is 281 g/mol. The minimum Gasteiger partial charge on any atom is -0.495 e. The Hall–Kier alpha value is -1.58. The number of rotatable bonds is 3. The van der Waals surface area contributed by atoms with Gasteiger partial charge in [0.15, 0.2) is 9.84 Å². The molecule has 1 saturated heterocycles. The molecule has 1 N–H and O–H groups in total. The van der Waals surface area contributed by atoms with Gasteiger partial charge in [0.05, 0.1) is 30.3 Å². The minimum absolute atomic E-state index is 0.00207. The molecule has 2 unspecified atom stereocenters. The molecule has 1 aromatic rings. The Kier molecular flexibility index (Phi) is 3.78. The molecule has 0 aromatic heterocycles. The zero-order chi connectivity index (χ0) is 14.0. The van der Waals surface area contributed by atoms with Gasteiger partial charge in [0.1, 0.15) is 11.8 Å². The zero-order valence-electron chi connectivity index (χ0n) is 10.5. The molecule has 0 spiro atoms. The number of hydrogen-bond donors (Lipinski definition) is 1. The highest BCUT2D eigenvalue weighted by molar-refractivity contribution is 7.91. The van der Waals surface area contributed by atoms with Crippen LogP contribution in [0.5, 0.6) is 5.75 Å². The van der Waals surface area contributed by atoms with Gasteiger partial charge in [-0.3, -0.25) is 0 Å². The van der Waals surface area contributed by atoms with E-state index in [2.05, 4.69) is 0 Å². The van der Waals surface area contributed by atoms with E-state index in [1.165, 1.54) is 7.11 Å². The van der Waals surface area contributed by atoms with Crippen LogP contribution < -0.4 is 4.74 Å². The lowest BCUT2D eigenvalue weighted by atomic mass is 9.94. The smallest absolute Gasteiger partial charge is 0.150 e. The predicted molar refractivity (Wildman–Crippen MR) is 69.4 cm³/mol. The summed E-state index contributed by atoms with van der Waals surface area (Å²) in [6.07, 6.45) is -0.410. The van der Waals surface area contributed by atoms with E-state index in [0.29, 0.717) is 23.3 Å². The summed E-state index contributed by atoms with van der Waals surface area (Å²) in [6, 6.07) is 6.82. The standard InChI is InChI=1S/C13H15NO4S/c1-18-12-3-2-9(6-11(12)7-14)13(15)10-4-5-19(16,17)8-10/h2-3,6,10,13,15H,4-5,8H2,1H3. The molecule has 2 atom stereocenters. The van der Waals surface area contributed by atoms with Crippen molar-refractivity contribution in [1.29, 1.82) is 5.26 Å². The van der Waals surface area contributed by atoms with Crippen LogP contribution in [0.1, 0.15) is 23.7 Å². The third-order valence-corrected chi connectivity index (χ3v) is 5.19. The Balaban J connectivity index is 2.25. The first-order chi connectivity index (χ1) is 8.96. The SMILES string of the molecule is COc1ccc(C(O)C2CCS(=O)(=O)C2)cc1C#N. The van der Waals surface area contributed by atoms with Crippen LogP contribution in [0, 0.1) is 17.2 Å². The van der Waals surface area contributed by atoms with Crippen molar-refractivity contribution in [3.8, 4) is 11.8 Å². The monoisotopic (exact) mass is 281 g/mol. The maximum Gasteiger partial charge on any atom is 0.150 e. The van der Waals surface area contributed by atoms with Crippen LogP contribution in [0.2, 0.25) is 0 Å². The number of aliphatic hydroxyl groups is 1. The molecular formula is C13H15NO4S. The molecule has 1 aliphatic heterocycles. The van der Waals surface area contributed by atoms with Crippen molar-refractivity contribution >= 4 is 9.84 Å². The third-order valence-electron chi connectivity index (χ3n) is 3.40. The quantitative estimate of drug-likeness (QED) is 0.894. The van der Waals surface area contributed by atoms with Crippen LogP contribution >= 0.6 is 0 Å². The van der Waals surface area contributed by atoms with Gasteiger partial charge in [-0.2, -0.15) is 5.26 Å². The van der Waals surface area contributed by atoms with Gasteiger partial charge >= 0.3 is 0 Å². The van der Waals surface area contributed by atoms with Gasteiger partial charge in [-0.05, 0) is 24.1 Å². The summed E-state index contributed by atoms with van der Waals surface area (Å²) in [5.41, 5.74) is 0.888. The van der Waals surface area contributed by atoms with Crippen molar-refractivity contribution in [1.82, 2.24) is 0 Å². The van der Waals surface area contributed by atoms with Crippen LogP contribution in [0.4, 0.5) is 0 Å². The van der Waals surface area contributed by atoms with Gasteiger partial charge in [-0.25, -0.2) is 8.42 Å². The fourth-order valence-electron chi connectivity index (χ4n) is 2.34. The highest BCUT2D eigenvalue weighted by Crippen LogP contribution is 2.33. The van der Waals surface area contributed by atoms with E-state index in [9.17, 15) is 13.5 Å². The second kappa shape index (κ2) is 5.19. The first-order valence-electron chi connectivity index (χ1n) is 5.93. The molecule has 0 bridgehead atoms. The van der Waals surface area contributed by atoms with E-state index in [4.69, 9.17) is 10.00 Å². The third kappa shape index (κ3) is 2.88. The lowest BCUT2D eigenvalue weighted by Gasteiger charge is -2.17. The lowest BCUT2D eigenvalue weighted by molar-refractivity contribution is 0.121. The van der Waals surface area contributed by atoms with E-state index in [0.717, 1.165) is 0 Å². The van der Waals surface area contributed by atoms with Gasteiger partial charge < -0.3 is 9.84 Å². The number of ether oxygens (including phenoxy) is 1. The number of hydrogen-bond acceptors (Lipinski definition) is 5. The predicted octanol–water partition coefficient (Wildman–Crippen LogP) is 1.03. The second-order valence-corrected chi connectivity index (χ2v) is 6.91. The van der Waals surface area contributed by atoms with E-state index < -0.39 is 15.9 Å². The zero-order valence-corrected chi connectivity index (χ0v) is 11.4. The number of sulfone groups is 1. The molecule has 5 nitrogen and oxygen atoms in total. The molecule has 0 radical (unpaired) electrons. The van der Waals surface area contributed by atoms with Crippen molar-refractivity contribution in [2.75, 3.05) is 18.6 Å². The van der Waals surface area contributed by atoms with Crippen molar-refractivity contribution in [3.63, 3.8) is 0 Å². The second-order valence-electron chi connectivity index (χ2n) is 4.68. The molecule has 0 amide bonds. The van der Waals surface area contributed by atoms with E-state index >= 15 is 0 Å². The first kappa shape index (κ1) is 13.8. The molecule has 102 valence electrons. The Morgan fingerprint density at radius 3 is 2.79 bits per heavy atom. The fraction of sp³-hybridized carbons (Fsp3) is 0.462. The molecule has 1 aromatic carbocycles. The normalized spacial score (nSPS) is 22.7. The topological polar surface area (TPSA) is 87.4 Å². The van der Waals surface area contributed by atoms with E-state index in [1.54, 1.807) is 18.2 Å². The maximum absolute atomic E-state index is 11.4. The Labute approximate surface area is 112 Å². The van der Waals surface area contributed by atoms with Gasteiger partial charge in [-0.1, -0.05) is 6.07 Å². The largest absolute Gasteiger partial charge is 0.495 e. The molecule has 0 aliphatic carbocycles. The van der Waals surface area contributed by atoms with Gasteiger partial charge in [0.2, 0.25) is 0 Å². The van der Waals surface area contributed by atoms with Gasteiger partial charge in [0.25, 0.3) is 0 Å². The summed E-state index contributed by atoms with van der Waals surface area (Å²) in [6.45, 7) is 0. The molecule has 0 saturated carbocycles. The lowest BCUT2D eigenvalue weighted by Crippen LogP contribution is -2.14.